The Morgan fingerprint density at radius 3 is 2.39 bits per heavy atom. The highest BCUT2D eigenvalue weighted by Gasteiger charge is 2.23. The van der Waals surface area contributed by atoms with Crippen molar-refractivity contribution in [3.05, 3.63) is 54.9 Å². The summed E-state index contributed by atoms with van der Waals surface area (Å²) in [5.41, 5.74) is 1.75. The summed E-state index contributed by atoms with van der Waals surface area (Å²) in [4.78, 5) is 23.5. The van der Waals surface area contributed by atoms with E-state index in [1.165, 1.54) is 38.2 Å². The third kappa shape index (κ3) is 5.32. The Balaban J connectivity index is 1.67. The smallest absolute Gasteiger partial charge is 0.243 e. The van der Waals surface area contributed by atoms with Gasteiger partial charge in [-0.1, -0.05) is 12.1 Å². The lowest BCUT2D eigenvalue weighted by molar-refractivity contribution is -0.116. The first-order valence-corrected chi connectivity index (χ1v) is 10.7. The normalized spacial score (nSPS) is 11.4. The molecule has 0 saturated heterocycles. The molecule has 31 heavy (non-hydrogen) atoms. The minimum absolute atomic E-state index is 0.0150. The number of amides is 2. The van der Waals surface area contributed by atoms with Crippen LogP contribution < -0.4 is 10.6 Å². The minimum Gasteiger partial charge on any atom is -0.326 e. The summed E-state index contributed by atoms with van der Waals surface area (Å²) in [5.74, 6) is -0.109. The number of likely N-dealkylation sites (N-methyl/N-ethyl adjacent to an activating group) is 1. The number of aromatic nitrogens is 3. The molecule has 3 rings (SSSR count). The molecule has 0 unspecified atom stereocenters. The number of aryl methyl sites for hydroxylation is 1. The Labute approximate surface area is 180 Å². The van der Waals surface area contributed by atoms with E-state index in [1.54, 1.807) is 29.1 Å². The van der Waals surface area contributed by atoms with E-state index in [0.717, 1.165) is 9.87 Å². The molecule has 0 spiro atoms. The van der Waals surface area contributed by atoms with Gasteiger partial charge in [-0.2, -0.15) is 4.31 Å². The first-order valence-electron chi connectivity index (χ1n) is 9.25. The summed E-state index contributed by atoms with van der Waals surface area (Å²) in [7, 11) is -0.748. The number of carbonyl (C=O) groups excluding carboxylic acids is 2. The van der Waals surface area contributed by atoms with Crippen LogP contribution in [0.1, 0.15) is 6.92 Å². The molecule has 0 radical (unpaired) electrons. The number of hydrogen-bond donors (Lipinski definition) is 2. The molecule has 0 saturated carbocycles. The van der Waals surface area contributed by atoms with Gasteiger partial charge in [0.2, 0.25) is 21.8 Å². The van der Waals surface area contributed by atoms with Gasteiger partial charge in [-0.05, 0) is 36.4 Å². The Kier molecular flexibility index (Phi) is 6.47. The van der Waals surface area contributed by atoms with Crippen molar-refractivity contribution in [1.29, 1.82) is 0 Å². The minimum atomic E-state index is -3.88. The summed E-state index contributed by atoms with van der Waals surface area (Å²) in [5, 5.41) is 13.1. The van der Waals surface area contributed by atoms with Gasteiger partial charge < -0.3 is 15.2 Å². The molecular formula is C20H22N6O4S. The lowest BCUT2D eigenvalue weighted by Gasteiger charge is -2.17. The maximum Gasteiger partial charge on any atom is 0.243 e. The van der Waals surface area contributed by atoms with Crippen LogP contribution >= 0.6 is 0 Å². The Morgan fingerprint density at radius 1 is 1.06 bits per heavy atom. The van der Waals surface area contributed by atoms with Gasteiger partial charge >= 0.3 is 0 Å². The number of benzene rings is 2. The van der Waals surface area contributed by atoms with Gasteiger partial charge in [-0.15, -0.1) is 10.2 Å². The molecule has 0 aliphatic rings. The number of rotatable bonds is 7. The second-order valence-corrected chi connectivity index (χ2v) is 8.91. The zero-order chi connectivity index (χ0) is 22.6. The highest BCUT2D eigenvalue weighted by molar-refractivity contribution is 7.89. The molecule has 2 N–H and O–H groups in total. The molecule has 162 valence electrons. The number of hydrogen-bond acceptors (Lipinski definition) is 6. The molecule has 2 amide bonds. The van der Waals surface area contributed by atoms with E-state index in [0.29, 0.717) is 17.2 Å². The van der Waals surface area contributed by atoms with Crippen LogP contribution in [0.5, 0.6) is 0 Å². The lowest BCUT2D eigenvalue weighted by atomic mass is 10.2. The Hall–Kier alpha value is -3.57. The molecule has 10 nitrogen and oxygen atoms in total. The van der Waals surface area contributed by atoms with Gasteiger partial charge in [0.25, 0.3) is 0 Å². The van der Waals surface area contributed by atoms with Crippen LogP contribution in [0, 0.1) is 0 Å². The van der Waals surface area contributed by atoms with Crippen molar-refractivity contribution in [2.75, 3.05) is 24.2 Å². The van der Waals surface area contributed by atoms with E-state index in [9.17, 15) is 18.0 Å². The molecular weight excluding hydrogens is 420 g/mol. The molecule has 0 fully saturated rings. The fourth-order valence-electron chi connectivity index (χ4n) is 2.86. The summed E-state index contributed by atoms with van der Waals surface area (Å²) in [6.07, 6.45) is 1.57. The van der Waals surface area contributed by atoms with Crippen LogP contribution in [0.3, 0.4) is 0 Å². The molecule has 0 atom stereocenters. The van der Waals surface area contributed by atoms with E-state index in [4.69, 9.17) is 0 Å². The van der Waals surface area contributed by atoms with Crippen LogP contribution in [0.2, 0.25) is 0 Å². The van der Waals surface area contributed by atoms with Crippen molar-refractivity contribution in [2.45, 2.75) is 11.8 Å². The van der Waals surface area contributed by atoms with Gasteiger partial charge in [-0.25, -0.2) is 8.42 Å². The average Bonchev–Trinajstić information content (AvgIpc) is 3.14. The molecule has 0 bridgehead atoms. The van der Waals surface area contributed by atoms with Gasteiger partial charge in [0.1, 0.15) is 6.33 Å². The predicted octanol–water partition coefficient (Wildman–Crippen LogP) is 1.70. The van der Waals surface area contributed by atoms with Crippen molar-refractivity contribution >= 4 is 33.2 Å². The zero-order valence-corrected chi connectivity index (χ0v) is 18.0. The molecule has 3 aromatic rings. The Bertz CT molecular complexity index is 1200. The second kappa shape index (κ2) is 9.06. The van der Waals surface area contributed by atoms with E-state index in [2.05, 4.69) is 20.8 Å². The van der Waals surface area contributed by atoms with Crippen LogP contribution in [-0.2, 0) is 26.7 Å². The second-order valence-electron chi connectivity index (χ2n) is 6.86. The first-order chi connectivity index (χ1) is 14.7. The van der Waals surface area contributed by atoms with E-state index in [-0.39, 0.29) is 17.3 Å². The number of sulfonamides is 1. The maximum atomic E-state index is 12.7. The van der Waals surface area contributed by atoms with Crippen molar-refractivity contribution in [3.63, 3.8) is 0 Å². The third-order valence-corrected chi connectivity index (χ3v) is 6.18. The van der Waals surface area contributed by atoms with E-state index < -0.39 is 15.9 Å². The van der Waals surface area contributed by atoms with Crippen molar-refractivity contribution in [3.8, 4) is 11.4 Å². The van der Waals surface area contributed by atoms with Gasteiger partial charge in [0.15, 0.2) is 5.82 Å². The first kappa shape index (κ1) is 22.1. The van der Waals surface area contributed by atoms with Gasteiger partial charge in [0.05, 0.1) is 11.4 Å². The molecule has 0 aliphatic carbocycles. The highest BCUT2D eigenvalue weighted by atomic mass is 32.2. The van der Waals surface area contributed by atoms with Crippen molar-refractivity contribution in [1.82, 2.24) is 19.1 Å². The molecule has 1 aromatic heterocycles. The molecule has 0 aliphatic heterocycles. The van der Waals surface area contributed by atoms with Crippen LogP contribution in [0.25, 0.3) is 11.4 Å². The quantitative estimate of drug-likeness (QED) is 0.574. The summed E-state index contributed by atoms with van der Waals surface area (Å²) < 4.78 is 28.2. The summed E-state index contributed by atoms with van der Waals surface area (Å²) in [6, 6.07) is 12.8. The molecule has 1 heterocycles. The fraction of sp³-hybridized carbons (Fsp3) is 0.200. The number of nitrogens with one attached hydrogen (secondary N) is 2. The summed E-state index contributed by atoms with van der Waals surface area (Å²) >= 11 is 0. The van der Waals surface area contributed by atoms with Crippen LogP contribution in [0.4, 0.5) is 11.4 Å². The predicted molar refractivity (Wildman–Crippen MR) is 116 cm³/mol. The van der Waals surface area contributed by atoms with Gasteiger partial charge in [0, 0.05) is 38.0 Å². The highest BCUT2D eigenvalue weighted by Crippen LogP contribution is 2.21. The zero-order valence-electron chi connectivity index (χ0n) is 17.2. The standard InChI is InChI=1S/C20H22N6O4S/c1-14(27)22-16-7-9-18(10-8-16)31(29,30)26(3)12-19(28)23-17-6-4-5-15(11-17)20-24-21-13-25(20)2/h4-11,13H,12H2,1-3H3,(H,22,27)(H,23,28). The Morgan fingerprint density at radius 2 is 1.77 bits per heavy atom. The van der Waals surface area contributed by atoms with Crippen molar-refractivity contribution in [2.24, 2.45) is 7.05 Å². The van der Waals surface area contributed by atoms with E-state index in [1.807, 2.05) is 13.1 Å². The number of anilines is 2. The van der Waals surface area contributed by atoms with Crippen LogP contribution in [-0.4, -0.2) is 52.9 Å². The lowest BCUT2D eigenvalue weighted by Crippen LogP contribution is -2.35. The number of carbonyl (C=O) groups is 2. The average molecular weight is 443 g/mol. The van der Waals surface area contributed by atoms with Crippen LogP contribution in [0.15, 0.2) is 59.8 Å². The van der Waals surface area contributed by atoms with Crippen molar-refractivity contribution < 1.29 is 18.0 Å². The maximum absolute atomic E-state index is 12.7. The summed E-state index contributed by atoms with van der Waals surface area (Å²) in [6.45, 7) is 0.990. The molecule has 2 aromatic carbocycles. The molecule has 11 heteroatoms. The van der Waals surface area contributed by atoms with E-state index >= 15 is 0 Å². The monoisotopic (exact) mass is 442 g/mol. The van der Waals surface area contributed by atoms with Gasteiger partial charge in [-0.3, -0.25) is 9.59 Å². The third-order valence-electron chi connectivity index (χ3n) is 4.37. The number of nitrogens with zero attached hydrogens (tertiary/aromatic N) is 4. The SMILES string of the molecule is CC(=O)Nc1ccc(S(=O)(=O)N(C)CC(=O)Nc2cccc(-c3nncn3C)c2)cc1. The fourth-order valence-corrected chi connectivity index (χ4v) is 3.99. The topological polar surface area (TPSA) is 126 Å². The largest absolute Gasteiger partial charge is 0.326 e.